The Hall–Kier alpha value is -2.92. The van der Waals surface area contributed by atoms with Gasteiger partial charge in [0.2, 0.25) is 5.91 Å². The van der Waals surface area contributed by atoms with Gasteiger partial charge in [-0.05, 0) is 24.6 Å². The molecule has 0 radical (unpaired) electrons. The van der Waals surface area contributed by atoms with Crippen LogP contribution in [0.25, 0.3) is 16.2 Å². The minimum atomic E-state index is -0.428. The molecule has 0 saturated heterocycles. The van der Waals surface area contributed by atoms with E-state index in [9.17, 15) is 9.59 Å². The largest absolute Gasteiger partial charge is 0.462 e. The van der Waals surface area contributed by atoms with Crippen LogP contribution in [-0.4, -0.2) is 18.5 Å². The van der Waals surface area contributed by atoms with Crippen molar-refractivity contribution < 1.29 is 14.3 Å². The van der Waals surface area contributed by atoms with E-state index in [1.807, 2.05) is 54.6 Å². The molecule has 126 valence electrons. The maximum atomic E-state index is 12.3. The van der Waals surface area contributed by atoms with E-state index >= 15 is 0 Å². The van der Waals surface area contributed by atoms with Gasteiger partial charge in [-0.2, -0.15) is 0 Å². The molecule has 0 aliphatic heterocycles. The van der Waals surface area contributed by atoms with Crippen LogP contribution >= 0.6 is 11.3 Å². The Labute approximate surface area is 149 Å². The normalized spacial score (nSPS) is 10.9. The molecule has 0 unspecified atom stereocenters. The quantitative estimate of drug-likeness (QED) is 0.534. The van der Waals surface area contributed by atoms with E-state index in [0.717, 1.165) is 15.6 Å². The van der Waals surface area contributed by atoms with Crippen LogP contribution < -0.4 is 5.32 Å². The zero-order valence-electron chi connectivity index (χ0n) is 13.7. The molecule has 25 heavy (non-hydrogen) atoms. The Bertz CT molecular complexity index is 929. The van der Waals surface area contributed by atoms with Crippen molar-refractivity contribution in [2.75, 3.05) is 11.9 Å². The number of hydrogen-bond acceptors (Lipinski definition) is 4. The molecule has 0 bridgehead atoms. The number of esters is 1. The number of ether oxygens (including phenoxy) is 1. The molecule has 2 aromatic carbocycles. The van der Waals surface area contributed by atoms with E-state index in [1.165, 1.54) is 17.4 Å². The number of carbonyl (C=O) groups excluding carboxylic acids is 2. The summed E-state index contributed by atoms with van der Waals surface area (Å²) in [5.74, 6) is -0.719. The van der Waals surface area contributed by atoms with E-state index in [2.05, 4.69) is 5.32 Å². The molecule has 0 saturated carbocycles. The molecule has 0 aliphatic carbocycles. The summed E-state index contributed by atoms with van der Waals surface area (Å²) in [6.45, 7) is 2.04. The SMILES string of the molecule is CCOC(=O)c1c(NC(=O)/C=C/c2ccccc2)sc2ccccc12. The zero-order valence-corrected chi connectivity index (χ0v) is 14.5. The Morgan fingerprint density at radius 2 is 1.80 bits per heavy atom. The highest BCUT2D eigenvalue weighted by Gasteiger charge is 2.20. The molecule has 1 aromatic heterocycles. The van der Waals surface area contributed by atoms with Gasteiger partial charge in [0, 0.05) is 16.2 Å². The standard InChI is InChI=1S/C20H17NO3S/c1-2-24-20(23)18-15-10-6-7-11-16(15)25-19(18)21-17(22)13-12-14-8-4-3-5-9-14/h3-13H,2H2,1H3,(H,21,22)/b13-12+. The van der Waals surface area contributed by atoms with Gasteiger partial charge in [-0.25, -0.2) is 4.79 Å². The van der Waals surface area contributed by atoms with Gasteiger partial charge in [0.25, 0.3) is 0 Å². The second-order valence-electron chi connectivity index (χ2n) is 5.26. The predicted octanol–water partition coefficient (Wildman–Crippen LogP) is 4.73. The number of amides is 1. The molecule has 1 N–H and O–H groups in total. The van der Waals surface area contributed by atoms with Gasteiger partial charge in [0.15, 0.2) is 0 Å². The second-order valence-corrected chi connectivity index (χ2v) is 6.31. The number of fused-ring (bicyclic) bond motifs is 1. The fourth-order valence-electron chi connectivity index (χ4n) is 2.43. The number of benzene rings is 2. The van der Waals surface area contributed by atoms with Crippen LogP contribution in [-0.2, 0) is 9.53 Å². The number of anilines is 1. The maximum Gasteiger partial charge on any atom is 0.341 e. The van der Waals surface area contributed by atoms with Crippen molar-refractivity contribution >= 4 is 44.4 Å². The topological polar surface area (TPSA) is 55.4 Å². The van der Waals surface area contributed by atoms with Gasteiger partial charge in [0.1, 0.15) is 10.6 Å². The summed E-state index contributed by atoms with van der Waals surface area (Å²) < 4.78 is 6.07. The van der Waals surface area contributed by atoms with E-state index in [1.54, 1.807) is 13.0 Å². The number of carbonyl (C=O) groups is 2. The van der Waals surface area contributed by atoms with Crippen molar-refractivity contribution in [1.82, 2.24) is 0 Å². The molecule has 3 rings (SSSR count). The molecular formula is C20H17NO3S. The average molecular weight is 351 g/mol. The molecule has 0 fully saturated rings. The van der Waals surface area contributed by atoms with Gasteiger partial charge in [-0.1, -0.05) is 48.5 Å². The van der Waals surface area contributed by atoms with E-state index in [-0.39, 0.29) is 12.5 Å². The highest BCUT2D eigenvalue weighted by Crippen LogP contribution is 2.36. The van der Waals surface area contributed by atoms with Crippen molar-refractivity contribution in [2.24, 2.45) is 0 Å². The third kappa shape index (κ3) is 3.95. The molecule has 0 spiro atoms. The zero-order chi connectivity index (χ0) is 17.6. The van der Waals surface area contributed by atoms with Crippen molar-refractivity contribution in [3.05, 3.63) is 71.8 Å². The van der Waals surface area contributed by atoms with Crippen molar-refractivity contribution in [3.63, 3.8) is 0 Å². The van der Waals surface area contributed by atoms with Crippen LogP contribution in [0.1, 0.15) is 22.8 Å². The summed E-state index contributed by atoms with van der Waals surface area (Å²) in [6, 6.07) is 17.1. The summed E-state index contributed by atoms with van der Waals surface area (Å²) in [4.78, 5) is 24.6. The lowest BCUT2D eigenvalue weighted by Crippen LogP contribution is -2.12. The smallest absolute Gasteiger partial charge is 0.341 e. The number of nitrogens with one attached hydrogen (secondary N) is 1. The average Bonchev–Trinajstić information content (AvgIpc) is 2.99. The van der Waals surface area contributed by atoms with Gasteiger partial charge < -0.3 is 10.1 Å². The van der Waals surface area contributed by atoms with Crippen molar-refractivity contribution in [1.29, 1.82) is 0 Å². The van der Waals surface area contributed by atoms with Crippen molar-refractivity contribution in [2.45, 2.75) is 6.92 Å². The monoisotopic (exact) mass is 351 g/mol. The molecular weight excluding hydrogens is 334 g/mol. The lowest BCUT2D eigenvalue weighted by Gasteiger charge is -2.05. The van der Waals surface area contributed by atoms with Crippen LogP contribution in [0.3, 0.4) is 0 Å². The summed E-state index contributed by atoms with van der Waals surface area (Å²) in [5, 5.41) is 4.09. The van der Waals surface area contributed by atoms with E-state index < -0.39 is 5.97 Å². The van der Waals surface area contributed by atoms with Gasteiger partial charge in [-0.15, -0.1) is 11.3 Å². The molecule has 3 aromatic rings. The molecule has 4 nitrogen and oxygen atoms in total. The van der Waals surface area contributed by atoms with Gasteiger partial charge in [-0.3, -0.25) is 4.79 Å². The first-order valence-corrected chi connectivity index (χ1v) is 8.73. The molecule has 0 atom stereocenters. The van der Waals surface area contributed by atoms with Crippen LogP contribution in [0.5, 0.6) is 0 Å². The summed E-state index contributed by atoms with van der Waals surface area (Å²) in [6.07, 6.45) is 3.18. The van der Waals surface area contributed by atoms with E-state index in [4.69, 9.17) is 4.74 Å². The highest BCUT2D eigenvalue weighted by atomic mass is 32.1. The highest BCUT2D eigenvalue weighted by molar-refractivity contribution is 7.23. The second kappa shape index (κ2) is 7.77. The first-order valence-electron chi connectivity index (χ1n) is 7.92. The lowest BCUT2D eigenvalue weighted by atomic mass is 10.1. The lowest BCUT2D eigenvalue weighted by molar-refractivity contribution is -0.111. The van der Waals surface area contributed by atoms with Gasteiger partial charge >= 0.3 is 5.97 Å². The number of thiophene rings is 1. The molecule has 5 heteroatoms. The first-order chi connectivity index (χ1) is 12.2. The van der Waals surface area contributed by atoms with Crippen molar-refractivity contribution in [3.8, 4) is 0 Å². The Kier molecular flexibility index (Phi) is 5.26. The maximum absolute atomic E-state index is 12.3. The first kappa shape index (κ1) is 16.9. The fourth-order valence-corrected chi connectivity index (χ4v) is 3.52. The summed E-state index contributed by atoms with van der Waals surface area (Å²) in [5.41, 5.74) is 1.34. The predicted molar refractivity (Wildman–Crippen MR) is 102 cm³/mol. The Balaban J connectivity index is 1.87. The molecule has 1 amide bonds. The minimum absolute atomic E-state index is 0.282. The summed E-state index contributed by atoms with van der Waals surface area (Å²) >= 11 is 1.36. The van der Waals surface area contributed by atoms with Crippen LogP contribution in [0.4, 0.5) is 5.00 Å². The third-order valence-electron chi connectivity index (χ3n) is 3.54. The summed E-state index contributed by atoms with van der Waals surface area (Å²) in [7, 11) is 0. The van der Waals surface area contributed by atoms with Crippen LogP contribution in [0.2, 0.25) is 0 Å². The Morgan fingerprint density at radius 3 is 2.56 bits per heavy atom. The minimum Gasteiger partial charge on any atom is -0.462 e. The van der Waals surface area contributed by atoms with Gasteiger partial charge in [0.05, 0.1) is 6.61 Å². The molecule has 0 aliphatic rings. The molecule has 1 heterocycles. The van der Waals surface area contributed by atoms with Crippen LogP contribution in [0, 0.1) is 0 Å². The number of hydrogen-bond donors (Lipinski definition) is 1. The third-order valence-corrected chi connectivity index (χ3v) is 4.62. The van der Waals surface area contributed by atoms with Crippen LogP contribution in [0.15, 0.2) is 60.7 Å². The van der Waals surface area contributed by atoms with E-state index in [0.29, 0.717) is 10.6 Å². The Morgan fingerprint density at radius 1 is 1.08 bits per heavy atom. The fraction of sp³-hybridized carbons (Fsp3) is 0.100. The number of rotatable bonds is 5.